The molecule has 0 radical (unpaired) electrons. The molecule has 0 aliphatic carbocycles. The molecule has 2 aromatic heterocycles. The number of benzene rings is 2. The molecule has 0 bridgehead atoms. The summed E-state index contributed by atoms with van der Waals surface area (Å²) in [6.45, 7) is 4.88. The molecule has 4 N–H and O–H groups in total. The summed E-state index contributed by atoms with van der Waals surface area (Å²) in [4.78, 5) is 13.2. The number of sulfonamides is 1. The van der Waals surface area contributed by atoms with Crippen molar-refractivity contribution in [3.8, 4) is 28.3 Å². The molecule has 2 aromatic carbocycles. The standard InChI is InChI=1S/C24H24F2N6O3S.C4H10O/c1-28-20-8-7-14(13-29-20)24-30-22-17(23(27)31-24)11-15(12-19(22)35-2)16-5-3-6-18(21(16)26)32-36(33,34)10-4-9-25;1-3-5-4-2/h3,5-8,11-13,32H,4,9-10H2,1-2H3,(H,28,29)(H2,27,30,31);3-4H2,1-2H3. The highest BCUT2D eigenvalue weighted by Gasteiger charge is 2.19. The Morgan fingerprint density at radius 3 is 2.39 bits per heavy atom. The Kier molecular flexibility index (Phi) is 11.1. The van der Waals surface area contributed by atoms with Gasteiger partial charge in [0.25, 0.3) is 0 Å². The number of hydrogen-bond donors (Lipinski definition) is 3. The largest absolute Gasteiger partial charge is 0.494 e. The summed E-state index contributed by atoms with van der Waals surface area (Å²) >= 11 is 0. The lowest BCUT2D eigenvalue weighted by Gasteiger charge is -2.14. The van der Waals surface area contributed by atoms with Crippen molar-refractivity contribution in [2.75, 3.05) is 55.6 Å². The molecule has 2 heterocycles. The summed E-state index contributed by atoms with van der Waals surface area (Å²) in [5.74, 6) is 0.248. The monoisotopic (exact) mass is 588 g/mol. The second kappa shape index (κ2) is 14.5. The molecule has 0 spiro atoms. The molecule has 41 heavy (non-hydrogen) atoms. The van der Waals surface area contributed by atoms with Crippen molar-refractivity contribution in [1.82, 2.24) is 15.0 Å². The number of nitrogens with two attached hydrogens (primary N) is 1. The van der Waals surface area contributed by atoms with Crippen LogP contribution in [0.15, 0.2) is 48.7 Å². The van der Waals surface area contributed by atoms with Gasteiger partial charge in [0.1, 0.15) is 22.9 Å². The number of nitrogens with zero attached hydrogens (tertiary/aromatic N) is 3. The molecule has 4 rings (SSSR count). The molecule has 0 unspecified atom stereocenters. The van der Waals surface area contributed by atoms with Crippen LogP contribution in [-0.2, 0) is 14.8 Å². The predicted octanol–water partition coefficient (Wildman–Crippen LogP) is 5.27. The first-order valence-electron chi connectivity index (χ1n) is 12.9. The highest BCUT2D eigenvalue weighted by atomic mass is 32.2. The smallest absolute Gasteiger partial charge is 0.232 e. The third-order valence-electron chi connectivity index (χ3n) is 5.82. The van der Waals surface area contributed by atoms with E-state index in [4.69, 9.17) is 15.2 Å². The van der Waals surface area contributed by atoms with E-state index in [-0.39, 0.29) is 23.5 Å². The number of nitrogen functional groups attached to an aromatic ring is 1. The Morgan fingerprint density at radius 2 is 1.80 bits per heavy atom. The van der Waals surface area contributed by atoms with Gasteiger partial charge in [-0.25, -0.2) is 27.8 Å². The van der Waals surface area contributed by atoms with Gasteiger partial charge < -0.3 is 20.5 Å². The molecule has 0 aliphatic heterocycles. The van der Waals surface area contributed by atoms with Crippen molar-refractivity contribution in [2.24, 2.45) is 0 Å². The molecule has 10 nitrogen and oxygen atoms in total. The van der Waals surface area contributed by atoms with E-state index < -0.39 is 28.3 Å². The lowest BCUT2D eigenvalue weighted by atomic mass is 10.0. The number of methoxy groups -OCH3 is 1. The number of anilines is 3. The van der Waals surface area contributed by atoms with Crippen molar-refractivity contribution in [2.45, 2.75) is 20.3 Å². The van der Waals surface area contributed by atoms with Crippen molar-refractivity contribution >= 4 is 38.2 Å². The van der Waals surface area contributed by atoms with E-state index in [1.54, 1.807) is 37.5 Å². The number of ether oxygens (including phenoxy) is 2. The topological polar surface area (TPSA) is 141 Å². The molecule has 0 fully saturated rings. The molecule has 0 saturated heterocycles. The van der Waals surface area contributed by atoms with Crippen molar-refractivity contribution in [3.05, 3.63) is 54.5 Å². The number of hydrogen-bond acceptors (Lipinski definition) is 9. The second-order valence-corrected chi connectivity index (χ2v) is 10.4. The van der Waals surface area contributed by atoms with Crippen LogP contribution in [0.2, 0.25) is 0 Å². The Balaban J connectivity index is 0.000000850. The third-order valence-corrected chi connectivity index (χ3v) is 7.18. The molecular formula is C28H34F2N6O4S. The second-order valence-electron chi connectivity index (χ2n) is 8.60. The van der Waals surface area contributed by atoms with Gasteiger partial charge in [0.05, 0.1) is 25.2 Å². The molecule has 0 atom stereocenters. The molecule has 0 amide bonds. The summed E-state index contributed by atoms with van der Waals surface area (Å²) in [6, 6.07) is 11.1. The number of pyridine rings is 1. The number of halogens is 2. The van der Waals surface area contributed by atoms with E-state index in [2.05, 4.69) is 25.0 Å². The molecule has 0 saturated carbocycles. The normalized spacial score (nSPS) is 11.1. The van der Waals surface area contributed by atoms with Crippen LogP contribution in [0, 0.1) is 5.82 Å². The molecule has 0 aliphatic rings. The minimum absolute atomic E-state index is 0.108. The summed E-state index contributed by atoms with van der Waals surface area (Å²) < 4.78 is 64.6. The SMILES string of the molecule is CCOCC.CNc1ccc(-c2nc(N)c3cc(-c4cccc(NS(=O)(=O)CCCF)c4F)cc(OC)c3n2)cn1. The van der Waals surface area contributed by atoms with E-state index in [1.165, 1.54) is 25.3 Å². The highest BCUT2D eigenvalue weighted by molar-refractivity contribution is 7.92. The van der Waals surface area contributed by atoms with Gasteiger partial charge in [-0.05, 0) is 56.2 Å². The van der Waals surface area contributed by atoms with Crippen LogP contribution in [0.5, 0.6) is 5.75 Å². The lowest BCUT2D eigenvalue weighted by molar-refractivity contribution is 0.162. The van der Waals surface area contributed by atoms with Gasteiger partial charge in [0.2, 0.25) is 10.0 Å². The maximum atomic E-state index is 15.4. The number of nitrogens with one attached hydrogen (secondary N) is 2. The van der Waals surface area contributed by atoms with Gasteiger partial charge in [-0.2, -0.15) is 0 Å². The average Bonchev–Trinajstić information content (AvgIpc) is 2.97. The van der Waals surface area contributed by atoms with Crippen molar-refractivity contribution < 1.29 is 26.7 Å². The Labute approximate surface area is 238 Å². The summed E-state index contributed by atoms with van der Waals surface area (Å²) in [5.41, 5.74) is 7.57. The van der Waals surface area contributed by atoms with E-state index >= 15 is 4.39 Å². The maximum Gasteiger partial charge on any atom is 0.232 e. The molecule has 4 aromatic rings. The number of rotatable bonds is 11. The van der Waals surface area contributed by atoms with Gasteiger partial charge in [-0.15, -0.1) is 0 Å². The number of fused-ring (bicyclic) bond motifs is 1. The highest BCUT2D eigenvalue weighted by Crippen LogP contribution is 2.37. The fourth-order valence-corrected chi connectivity index (χ4v) is 4.92. The number of aromatic nitrogens is 3. The van der Waals surface area contributed by atoms with Crippen LogP contribution < -0.4 is 20.5 Å². The first-order chi connectivity index (χ1) is 19.7. The van der Waals surface area contributed by atoms with E-state index in [0.717, 1.165) is 13.2 Å². The van der Waals surface area contributed by atoms with Crippen LogP contribution in [0.1, 0.15) is 20.3 Å². The van der Waals surface area contributed by atoms with Crippen molar-refractivity contribution in [1.29, 1.82) is 0 Å². The zero-order valence-electron chi connectivity index (χ0n) is 23.4. The van der Waals surface area contributed by atoms with Gasteiger partial charge in [-0.3, -0.25) is 9.11 Å². The average molecular weight is 589 g/mol. The van der Waals surface area contributed by atoms with Crippen LogP contribution in [-0.4, -0.2) is 63.2 Å². The van der Waals surface area contributed by atoms with Crippen LogP contribution >= 0.6 is 0 Å². The van der Waals surface area contributed by atoms with E-state index in [0.29, 0.717) is 39.4 Å². The van der Waals surface area contributed by atoms with E-state index in [9.17, 15) is 12.8 Å². The van der Waals surface area contributed by atoms with Gasteiger partial charge in [0.15, 0.2) is 11.6 Å². The van der Waals surface area contributed by atoms with E-state index in [1.807, 2.05) is 13.8 Å². The fraction of sp³-hybridized carbons (Fsp3) is 0.321. The van der Waals surface area contributed by atoms with Crippen LogP contribution in [0.3, 0.4) is 0 Å². The van der Waals surface area contributed by atoms with Crippen LogP contribution in [0.4, 0.5) is 26.1 Å². The lowest BCUT2D eigenvalue weighted by Crippen LogP contribution is -2.18. The first kappa shape index (κ1) is 31.4. The van der Waals surface area contributed by atoms with Gasteiger partial charge >= 0.3 is 0 Å². The predicted molar refractivity (Wildman–Crippen MR) is 159 cm³/mol. The van der Waals surface area contributed by atoms with Gasteiger partial charge in [-0.1, -0.05) is 12.1 Å². The minimum Gasteiger partial charge on any atom is -0.494 e. The molecular weight excluding hydrogens is 554 g/mol. The summed E-state index contributed by atoms with van der Waals surface area (Å²) in [5, 5.41) is 3.37. The Morgan fingerprint density at radius 1 is 1.05 bits per heavy atom. The number of alkyl halides is 1. The Bertz CT molecular complexity index is 1570. The maximum absolute atomic E-state index is 15.4. The van der Waals surface area contributed by atoms with Gasteiger partial charge in [0, 0.05) is 43.0 Å². The van der Waals surface area contributed by atoms with Crippen molar-refractivity contribution in [3.63, 3.8) is 0 Å². The Hall–Kier alpha value is -4.10. The molecule has 13 heteroatoms. The zero-order valence-corrected chi connectivity index (χ0v) is 24.2. The molecule has 220 valence electrons. The summed E-state index contributed by atoms with van der Waals surface area (Å²) in [6.07, 6.45) is 1.43. The minimum atomic E-state index is -3.91. The quantitative estimate of drug-likeness (QED) is 0.213. The summed E-state index contributed by atoms with van der Waals surface area (Å²) in [7, 11) is -0.703. The fourth-order valence-electron chi connectivity index (χ4n) is 3.84. The van der Waals surface area contributed by atoms with Crippen LogP contribution in [0.25, 0.3) is 33.4 Å². The third kappa shape index (κ3) is 7.98. The zero-order chi connectivity index (χ0) is 30.0. The first-order valence-corrected chi connectivity index (χ1v) is 14.6.